The van der Waals surface area contributed by atoms with Crippen molar-refractivity contribution in [2.45, 2.75) is 0 Å². The van der Waals surface area contributed by atoms with Crippen LogP contribution in [0.5, 0.6) is 0 Å². The van der Waals surface area contributed by atoms with E-state index in [1.807, 2.05) is 42.5 Å². The number of benzene rings is 3. The summed E-state index contributed by atoms with van der Waals surface area (Å²) < 4.78 is 0. The molecule has 0 unspecified atom stereocenters. The summed E-state index contributed by atoms with van der Waals surface area (Å²) in [5.41, 5.74) is 1.96. The lowest BCUT2D eigenvalue weighted by Crippen LogP contribution is -1.97. The highest BCUT2D eigenvalue weighted by Crippen LogP contribution is 2.21. The van der Waals surface area contributed by atoms with Gasteiger partial charge in [0.15, 0.2) is 0 Å². The van der Waals surface area contributed by atoms with Crippen LogP contribution in [0.2, 0.25) is 0 Å². The zero-order chi connectivity index (χ0) is 15.1. The molecule has 6 heteroatoms. The Bertz CT molecular complexity index is 1020. The van der Waals surface area contributed by atoms with E-state index in [1.165, 1.54) is 16.9 Å². The molecule has 0 aliphatic rings. The Kier molecular flexibility index (Phi) is 2.62. The average Bonchev–Trinajstić information content (AvgIpc) is 2.97. The second-order valence-electron chi connectivity index (χ2n) is 4.95. The number of nitro groups is 1. The molecule has 0 spiro atoms. The van der Waals surface area contributed by atoms with Crippen LogP contribution in [0.15, 0.2) is 60.7 Å². The molecule has 0 atom stereocenters. The molecule has 0 fully saturated rings. The van der Waals surface area contributed by atoms with Crippen molar-refractivity contribution in [3.05, 3.63) is 70.8 Å². The molecule has 0 saturated heterocycles. The quantitative estimate of drug-likeness (QED) is 0.418. The second kappa shape index (κ2) is 4.63. The smallest absolute Gasteiger partial charge is 0.258 e. The number of hydrogen-bond donors (Lipinski definition) is 0. The van der Waals surface area contributed by atoms with Crippen LogP contribution in [-0.4, -0.2) is 19.9 Å². The minimum atomic E-state index is -0.436. The van der Waals surface area contributed by atoms with Crippen LogP contribution < -0.4 is 0 Å². The van der Waals surface area contributed by atoms with Crippen LogP contribution in [0.25, 0.3) is 27.5 Å². The largest absolute Gasteiger partial charge is 0.271 e. The first-order chi connectivity index (χ1) is 10.7. The van der Waals surface area contributed by atoms with Gasteiger partial charge in [-0.3, -0.25) is 10.1 Å². The molecule has 1 heterocycles. The van der Waals surface area contributed by atoms with Crippen LogP contribution >= 0.6 is 0 Å². The van der Waals surface area contributed by atoms with Crippen LogP contribution in [0, 0.1) is 10.1 Å². The first-order valence-corrected chi connectivity index (χ1v) is 6.71. The van der Waals surface area contributed by atoms with Crippen LogP contribution in [0.1, 0.15) is 0 Å². The number of non-ortho nitro benzene ring substituents is 1. The molecule has 4 aromatic rings. The maximum absolute atomic E-state index is 10.8. The van der Waals surface area contributed by atoms with Gasteiger partial charge in [0, 0.05) is 12.1 Å². The molecular formula is C16H10N4O2. The summed E-state index contributed by atoms with van der Waals surface area (Å²) in [6.45, 7) is 0. The molecule has 3 aromatic carbocycles. The summed E-state index contributed by atoms with van der Waals surface area (Å²) in [4.78, 5) is 11.9. The normalized spacial score (nSPS) is 11.1. The zero-order valence-corrected chi connectivity index (χ0v) is 11.4. The van der Waals surface area contributed by atoms with E-state index in [-0.39, 0.29) is 5.69 Å². The summed E-state index contributed by atoms with van der Waals surface area (Å²) in [5.74, 6) is 0. The fourth-order valence-corrected chi connectivity index (χ4v) is 2.43. The van der Waals surface area contributed by atoms with Crippen molar-refractivity contribution in [1.29, 1.82) is 0 Å². The molecular weight excluding hydrogens is 280 g/mol. The number of hydrogen-bond acceptors (Lipinski definition) is 4. The van der Waals surface area contributed by atoms with Gasteiger partial charge in [-0.1, -0.05) is 30.3 Å². The van der Waals surface area contributed by atoms with E-state index in [2.05, 4.69) is 10.2 Å². The molecule has 0 bridgehead atoms. The van der Waals surface area contributed by atoms with Crippen LogP contribution in [0.3, 0.4) is 0 Å². The average molecular weight is 290 g/mol. The van der Waals surface area contributed by atoms with E-state index in [0.717, 1.165) is 16.5 Å². The third-order valence-electron chi connectivity index (χ3n) is 3.54. The Labute approximate surface area is 124 Å². The number of aromatic nitrogens is 3. The number of rotatable bonds is 2. The molecule has 0 saturated carbocycles. The van der Waals surface area contributed by atoms with Gasteiger partial charge in [0.25, 0.3) is 5.69 Å². The Morgan fingerprint density at radius 1 is 0.864 bits per heavy atom. The van der Waals surface area contributed by atoms with Gasteiger partial charge in [-0.2, -0.15) is 4.80 Å². The maximum atomic E-state index is 10.8. The summed E-state index contributed by atoms with van der Waals surface area (Å²) >= 11 is 0. The van der Waals surface area contributed by atoms with Crippen molar-refractivity contribution < 1.29 is 4.92 Å². The highest BCUT2D eigenvalue weighted by Gasteiger charge is 2.11. The van der Waals surface area contributed by atoms with E-state index in [9.17, 15) is 10.1 Å². The number of nitro benzene ring substituents is 1. The molecule has 0 aliphatic heterocycles. The summed E-state index contributed by atoms with van der Waals surface area (Å²) in [6, 6.07) is 18.4. The number of nitrogens with zero attached hydrogens (tertiary/aromatic N) is 4. The molecule has 0 aliphatic carbocycles. The highest BCUT2D eigenvalue weighted by atomic mass is 16.6. The fraction of sp³-hybridized carbons (Fsp3) is 0. The van der Waals surface area contributed by atoms with Gasteiger partial charge in [0.05, 0.1) is 10.6 Å². The minimum Gasteiger partial charge on any atom is -0.258 e. The van der Waals surface area contributed by atoms with Gasteiger partial charge in [0.1, 0.15) is 11.0 Å². The van der Waals surface area contributed by atoms with Gasteiger partial charge < -0.3 is 0 Å². The summed E-state index contributed by atoms with van der Waals surface area (Å²) in [5, 5.41) is 21.8. The standard InChI is InChI=1S/C16H10N4O2/c21-20(22)14-7-8-15-16(10-14)18-19(17-15)13-6-5-11-3-1-2-4-12(11)9-13/h1-10H. The molecule has 6 nitrogen and oxygen atoms in total. The minimum absolute atomic E-state index is 0.0121. The van der Waals surface area contributed by atoms with Gasteiger partial charge in [0.2, 0.25) is 0 Å². The van der Waals surface area contributed by atoms with Crippen molar-refractivity contribution >= 4 is 27.5 Å². The highest BCUT2D eigenvalue weighted by molar-refractivity contribution is 5.84. The second-order valence-corrected chi connectivity index (χ2v) is 4.95. The first-order valence-electron chi connectivity index (χ1n) is 6.71. The van der Waals surface area contributed by atoms with Crippen molar-refractivity contribution in [3.63, 3.8) is 0 Å². The van der Waals surface area contributed by atoms with E-state index in [1.54, 1.807) is 6.07 Å². The SMILES string of the molecule is O=[N+]([O-])c1ccc2nn(-c3ccc4ccccc4c3)nc2c1. The first kappa shape index (κ1) is 12.5. The Hall–Kier alpha value is -3.28. The van der Waals surface area contributed by atoms with Crippen molar-refractivity contribution in [2.24, 2.45) is 0 Å². The molecule has 106 valence electrons. The molecule has 0 N–H and O–H groups in total. The van der Waals surface area contributed by atoms with E-state index in [0.29, 0.717) is 11.0 Å². The zero-order valence-electron chi connectivity index (χ0n) is 11.4. The predicted octanol–water partition coefficient (Wildman–Crippen LogP) is 3.48. The predicted molar refractivity (Wildman–Crippen MR) is 83.0 cm³/mol. The van der Waals surface area contributed by atoms with E-state index in [4.69, 9.17) is 0 Å². The monoisotopic (exact) mass is 290 g/mol. The summed E-state index contributed by atoms with van der Waals surface area (Å²) in [7, 11) is 0. The lowest BCUT2D eigenvalue weighted by Gasteiger charge is -2.01. The molecule has 1 aromatic heterocycles. The van der Waals surface area contributed by atoms with Crippen molar-refractivity contribution in [2.75, 3.05) is 0 Å². The lowest BCUT2D eigenvalue weighted by molar-refractivity contribution is -0.384. The molecule has 0 amide bonds. The Morgan fingerprint density at radius 2 is 1.64 bits per heavy atom. The van der Waals surface area contributed by atoms with Gasteiger partial charge in [-0.15, -0.1) is 10.2 Å². The topological polar surface area (TPSA) is 73.8 Å². The maximum Gasteiger partial charge on any atom is 0.271 e. The Morgan fingerprint density at radius 3 is 2.45 bits per heavy atom. The van der Waals surface area contributed by atoms with E-state index < -0.39 is 4.92 Å². The van der Waals surface area contributed by atoms with Gasteiger partial charge >= 0.3 is 0 Å². The van der Waals surface area contributed by atoms with Gasteiger partial charge in [-0.05, 0) is 29.0 Å². The third kappa shape index (κ3) is 1.98. The van der Waals surface area contributed by atoms with Gasteiger partial charge in [-0.25, -0.2) is 0 Å². The molecule has 22 heavy (non-hydrogen) atoms. The van der Waals surface area contributed by atoms with Crippen molar-refractivity contribution in [3.8, 4) is 5.69 Å². The molecule has 4 rings (SSSR count). The Balaban J connectivity index is 1.86. The molecule has 0 radical (unpaired) electrons. The number of fused-ring (bicyclic) bond motifs is 2. The lowest BCUT2D eigenvalue weighted by atomic mass is 10.1. The van der Waals surface area contributed by atoms with Crippen LogP contribution in [0.4, 0.5) is 5.69 Å². The third-order valence-corrected chi connectivity index (χ3v) is 3.54. The summed E-state index contributed by atoms with van der Waals surface area (Å²) in [6.07, 6.45) is 0. The fourth-order valence-electron chi connectivity index (χ4n) is 2.43. The van der Waals surface area contributed by atoms with Crippen molar-refractivity contribution in [1.82, 2.24) is 15.0 Å². The van der Waals surface area contributed by atoms with E-state index >= 15 is 0 Å². The van der Waals surface area contributed by atoms with Crippen LogP contribution in [-0.2, 0) is 0 Å².